The Labute approximate surface area is 107 Å². The molecule has 3 rings (SSSR count). The fourth-order valence-electron chi connectivity index (χ4n) is 3.31. The van der Waals surface area contributed by atoms with Gasteiger partial charge in [-0.2, -0.15) is 0 Å². The van der Waals surface area contributed by atoms with Crippen molar-refractivity contribution in [2.24, 2.45) is 17.8 Å². The maximum absolute atomic E-state index is 12.2. The average molecular weight is 245 g/mol. The summed E-state index contributed by atoms with van der Waals surface area (Å²) in [5.74, 6) is 2.29. The summed E-state index contributed by atoms with van der Waals surface area (Å²) in [4.78, 5) is 16.4. The molecule has 0 aliphatic heterocycles. The molecule has 0 radical (unpaired) electrons. The molecule has 1 aromatic rings. The third-order valence-electron chi connectivity index (χ3n) is 4.30. The quantitative estimate of drug-likeness (QED) is 0.840. The Morgan fingerprint density at radius 1 is 1.39 bits per heavy atom. The van der Waals surface area contributed by atoms with Crippen molar-refractivity contribution in [1.29, 1.82) is 0 Å². The summed E-state index contributed by atoms with van der Waals surface area (Å²) in [5.41, 5.74) is 7.20. The Bertz CT molecular complexity index is 474. The van der Waals surface area contributed by atoms with Crippen LogP contribution in [0.5, 0.6) is 0 Å². The molecule has 2 aliphatic rings. The summed E-state index contributed by atoms with van der Waals surface area (Å²) >= 11 is 0. The second-order valence-electron chi connectivity index (χ2n) is 5.56. The molecule has 2 atom stereocenters. The Morgan fingerprint density at radius 2 is 2.06 bits per heavy atom. The first-order chi connectivity index (χ1) is 8.66. The fourth-order valence-corrected chi connectivity index (χ4v) is 3.31. The van der Waals surface area contributed by atoms with Crippen molar-refractivity contribution in [1.82, 2.24) is 4.98 Å². The number of fused-ring (bicyclic) bond motifs is 1. The highest BCUT2D eigenvalue weighted by atomic mass is 16.2. The van der Waals surface area contributed by atoms with Gasteiger partial charge in [0.25, 0.3) is 0 Å². The van der Waals surface area contributed by atoms with Gasteiger partial charge in [-0.3, -0.25) is 4.79 Å². The normalized spacial score (nSPS) is 29.5. The minimum atomic E-state index is 0.146. The first kappa shape index (κ1) is 11.5. The van der Waals surface area contributed by atoms with E-state index in [0.717, 1.165) is 5.56 Å². The van der Waals surface area contributed by atoms with Crippen molar-refractivity contribution in [3.63, 3.8) is 0 Å². The van der Waals surface area contributed by atoms with Crippen LogP contribution in [0.1, 0.15) is 31.2 Å². The molecule has 0 aromatic carbocycles. The van der Waals surface area contributed by atoms with Gasteiger partial charge in [0.05, 0.1) is 11.9 Å². The van der Waals surface area contributed by atoms with Crippen molar-refractivity contribution in [2.75, 3.05) is 11.1 Å². The van der Waals surface area contributed by atoms with E-state index in [0.29, 0.717) is 23.3 Å². The lowest BCUT2D eigenvalue weighted by Crippen LogP contribution is -2.17. The summed E-state index contributed by atoms with van der Waals surface area (Å²) in [5, 5.41) is 2.95. The highest BCUT2D eigenvalue weighted by Gasteiger charge is 2.54. The summed E-state index contributed by atoms with van der Waals surface area (Å²) in [6.45, 7) is 1.92. The lowest BCUT2D eigenvalue weighted by atomic mass is 10.0. The van der Waals surface area contributed by atoms with E-state index in [1.54, 1.807) is 6.20 Å². The minimum Gasteiger partial charge on any atom is -0.397 e. The van der Waals surface area contributed by atoms with Crippen molar-refractivity contribution in [3.8, 4) is 0 Å². The van der Waals surface area contributed by atoms with Crippen LogP contribution in [-0.4, -0.2) is 10.9 Å². The molecule has 3 N–H and O–H groups in total. The van der Waals surface area contributed by atoms with Gasteiger partial charge in [0, 0.05) is 5.92 Å². The third kappa shape index (κ3) is 1.96. The van der Waals surface area contributed by atoms with Crippen LogP contribution < -0.4 is 11.1 Å². The zero-order valence-electron chi connectivity index (χ0n) is 10.6. The molecular weight excluding hydrogens is 226 g/mol. The SMILES string of the molecule is Cc1cc(N)cnc1NC(=O)C1C2CCCCC21. The number of hydrogen-bond acceptors (Lipinski definition) is 3. The van der Waals surface area contributed by atoms with Crippen LogP contribution in [0.2, 0.25) is 0 Å². The van der Waals surface area contributed by atoms with E-state index in [-0.39, 0.29) is 11.8 Å². The summed E-state index contributed by atoms with van der Waals surface area (Å²) in [6, 6.07) is 1.84. The molecule has 96 valence electrons. The minimum absolute atomic E-state index is 0.146. The number of nitrogen functional groups attached to an aromatic ring is 1. The number of nitrogens with one attached hydrogen (secondary N) is 1. The lowest BCUT2D eigenvalue weighted by molar-refractivity contribution is -0.117. The highest BCUT2D eigenvalue weighted by molar-refractivity contribution is 5.94. The molecule has 2 aliphatic carbocycles. The van der Waals surface area contributed by atoms with Gasteiger partial charge in [0.2, 0.25) is 5.91 Å². The van der Waals surface area contributed by atoms with Crippen LogP contribution >= 0.6 is 0 Å². The number of carbonyl (C=O) groups is 1. The summed E-state index contributed by atoms with van der Waals surface area (Å²) in [6.07, 6.45) is 6.59. The van der Waals surface area contributed by atoms with Gasteiger partial charge >= 0.3 is 0 Å². The first-order valence-corrected chi connectivity index (χ1v) is 6.70. The monoisotopic (exact) mass is 245 g/mol. The smallest absolute Gasteiger partial charge is 0.229 e. The van der Waals surface area contributed by atoms with Crippen LogP contribution in [0.4, 0.5) is 11.5 Å². The van der Waals surface area contributed by atoms with Gasteiger partial charge in [-0.05, 0) is 43.2 Å². The van der Waals surface area contributed by atoms with Crippen LogP contribution in [0.15, 0.2) is 12.3 Å². The van der Waals surface area contributed by atoms with Crippen molar-refractivity contribution in [2.45, 2.75) is 32.6 Å². The zero-order valence-corrected chi connectivity index (χ0v) is 10.6. The molecule has 0 saturated heterocycles. The van der Waals surface area contributed by atoms with Crippen molar-refractivity contribution >= 4 is 17.4 Å². The van der Waals surface area contributed by atoms with Gasteiger partial charge in [-0.15, -0.1) is 0 Å². The van der Waals surface area contributed by atoms with E-state index in [2.05, 4.69) is 10.3 Å². The molecule has 2 unspecified atom stereocenters. The van der Waals surface area contributed by atoms with Gasteiger partial charge in [0.15, 0.2) is 0 Å². The third-order valence-corrected chi connectivity index (χ3v) is 4.30. The van der Waals surface area contributed by atoms with E-state index in [1.165, 1.54) is 25.7 Å². The molecule has 0 spiro atoms. The molecule has 1 aromatic heterocycles. The molecule has 1 heterocycles. The molecule has 4 nitrogen and oxygen atoms in total. The average Bonchev–Trinajstić information content (AvgIpc) is 3.07. The van der Waals surface area contributed by atoms with Gasteiger partial charge in [-0.25, -0.2) is 4.98 Å². The second kappa shape index (κ2) is 4.26. The van der Waals surface area contributed by atoms with Crippen molar-refractivity contribution < 1.29 is 4.79 Å². The van der Waals surface area contributed by atoms with Crippen LogP contribution in [0, 0.1) is 24.7 Å². The largest absolute Gasteiger partial charge is 0.397 e. The second-order valence-corrected chi connectivity index (χ2v) is 5.56. The molecule has 0 bridgehead atoms. The Kier molecular flexibility index (Phi) is 2.73. The predicted molar refractivity (Wildman–Crippen MR) is 71.0 cm³/mol. The van der Waals surface area contributed by atoms with Gasteiger partial charge < -0.3 is 11.1 Å². The number of nitrogens with zero attached hydrogens (tertiary/aromatic N) is 1. The van der Waals surface area contributed by atoms with Gasteiger partial charge in [0.1, 0.15) is 5.82 Å². The molecule has 18 heavy (non-hydrogen) atoms. The number of amides is 1. The van der Waals surface area contributed by atoms with E-state index >= 15 is 0 Å². The number of rotatable bonds is 2. The van der Waals surface area contributed by atoms with E-state index in [1.807, 2.05) is 13.0 Å². The summed E-state index contributed by atoms with van der Waals surface area (Å²) in [7, 11) is 0. The maximum atomic E-state index is 12.2. The van der Waals surface area contributed by atoms with Crippen molar-refractivity contribution in [3.05, 3.63) is 17.8 Å². The fraction of sp³-hybridized carbons (Fsp3) is 0.571. The van der Waals surface area contributed by atoms with Gasteiger partial charge in [-0.1, -0.05) is 12.8 Å². The van der Waals surface area contributed by atoms with Crippen LogP contribution in [0.25, 0.3) is 0 Å². The van der Waals surface area contributed by atoms with E-state index < -0.39 is 0 Å². The number of aromatic nitrogens is 1. The Morgan fingerprint density at radius 3 is 2.67 bits per heavy atom. The Balaban J connectivity index is 1.68. The molecule has 2 saturated carbocycles. The van der Waals surface area contributed by atoms with Crippen LogP contribution in [-0.2, 0) is 4.79 Å². The number of aryl methyl sites for hydroxylation is 1. The number of pyridine rings is 1. The zero-order chi connectivity index (χ0) is 12.7. The molecular formula is C14H19N3O. The summed E-state index contributed by atoms with van der Waals surface area (Å²) < 4.78 is 0. The topological polar surface area (TPSA) is 68.0 Å². The standard InChI is InChI=1S/C14H19N3O/c1-8-6-9(15)7-16-13(8)17-14(18)12-10-4-2-3-5-11(10)12/h6-7,10-12H,2-5,15H2,1H3,(H,16,17,18). The van der Waals surface area contributed by atoms with E-state index in [9.17, 15) is 4.79 Å². The number of carbonyl (C=O) groups excluding carboxylic acids is 1. The first-order valence-electron chi connectivity index (χ1n) is 6.70. The lowest BCUT2D eigenvalue weighted by Gasteiger charge is -2.07. The number of anilines is 2. The molecule has 2 fully saturated rings. The number of hydrogen-bond donors (Lipinski definition) is 2. The molecule has 4 heteroatoms. The molecule has 1 amide bonds. The predicted octanol–water partition coefficient (Wildman–Crippen LogP) is 2.35. The van der Waals surface area contributed by atoms with Crippen LogP contribution in [0.3, 0.4) is 0 Å². The number of nitrogens with two attached hydrogens (primary N) is 1. The highest BCUT2D eigenvalue weighted by Crippen LogP contribution is 2.55. The van der Waals surface area contributed by atoms with E-state index in [4.69, 9.17) is 5.73 Å². The maximum Gasteiger partial charge on any atom is 0.229 e. The Hall–Kier alpha value is -1.58.